The minimum Gasteiger partial charge on any atom is -0.493 e. The zero-order valence-electron chi connectivity index (χ0n) is 22.4. The number of nitrogens with zero attached hydrogens (tertiary/aromatic N) is 1. The van der Waals surface area contributed by atoms with E-state index in [1.807, 2.05) is 31.2 Å². The van der Waals surface area contributed by atoms with E-state index >= 15 is 0 Å². The van der Waals surface area contributed by atoms with Crippen LogP contribution in [0, 0.1) is 17.8 Å². The molecule has 0 bridgehead atoms. The number of cyclic esters (lactones) is 1. The van der Waals surface area contributed by atoms with Gasteiger partial charge in [-0.3, -0.25) is 9.59 Å². The van der Waals surface area contributed by atoms with E-state index < -0.39 is 30.0 Å². The third kappa shape index (κ3) is 7.91. The number of amides is 1. The molecule has 0 radical (unpaired) electrons. The van der Waals surface area contributed by atoms with Gasteiger partial charge in [-0.15, -0.1) is 0 Å². The van der Waals surface area contributed by atoms with Gasteiger partial charge in [0.2, 0.25) is 5.75 Å². The lowest BCUT2D eigenvalue weighted by atomic mass is 9.79. The summed E-state index contributed by atoms with van der Waals surface area (Å²) in [6, 6.07) is 8.07. The monoisotopic (exact) mass is 546 g/mol. The maximum absolute atomic E-state index is 13.2. The first-order valence-corrected chi connectivity index (χ1v) is 13.0. The molecule has 1 aromatic carbocycles. The van der Waals surface area contributed by atoms with Gasteiger partial charge < -0.3 is 24.3 Å². The van der Waals surface area contributed by atoms with Crippen molar-refractivity contribution in [3.05, 3.63) is 52.8 Å². The molecule has 0 unspecified atom stereocenters. The van der Waals surface area contributed by atoms with Crippen LogP contribution in [-0.2, 0) is 25.5 Å². The zero-order chi connectivity index (χ0) is 27.8. The largest absolute Gasteiger partial charge is 0.493 e. The van der Waals surface area contributed by atoms with Gasteiger partial charge in [0.25, 0.3) is 5.91 Å². The van der Waals surface area contributed by atoms with E-state index in [0.29, 0.717) is 17.5 Å². The zero-order valence-corrected chi connectivity index (χ0v) is 23.1. The molecule has 206 valence electrons. The van der Waals surface area contributed by atoms with Crippen molar-refractivity contribution in [1.82, 2.24) is 10.3 Å². The number of pyridine rings is 1. The third-order valence-electron chi connectivity index (χ3n) is 6.42. The lowest BCUT2D eigenvalue weighted by Crippen LogP contribution is -2.46. The van der Waals surface area contributed by atoms with Crippen molar-refractivity contribution in [1.29, 1.82) is 0 Å². The number of nitrogens with one attached hydrogen (secondary N) is 1. The van der Waals surface area contributed by atoms with Crippen molar-refractivity contribution in [2.24, 2.45) is 17.8 Å². The van der Waals surface area contributed by atoms with Gasteiger partial charge in [0, 0.05) is 30.1 Å². The number of esters is 2. The molecular formula is C28H35ClN2O7. The molecule has 1 aliphatic heterocycles. The number of halogens is 1. The van der Waals surface area contributed by atoms with Crippen molar-refractivity contribution in [3.8, 4) is 11.5 Å². The Kier molecular flexibility index (Phi) is 10.5. The SMILES string of the molecule is COc1ccnc(C(=O)N[C@H]2COC[C@H](Cc3ccc(Cl)cc3)[C@@H](CC(C)C)[C@H](C)OC2=O)c1OC(C)=O. The Bertz CT molecular complexity index is 1120. The van der Waals surface area contributed by atoms with E-state index in [4.69, 9.17) is 30.5 Å². The average molecular weight is 547 g/mol. The fourth-order valence-electron chi connectivity index (χ4n) is 4.65. The van der Waals surface area contributed by atoms with E-state index in [-0.39, 0.29) is 35.6 Å². The number of ether oxygens (including phenoxy) is 4. The Morgan fingerprint density at radius 1 is 1.18 bits per heavy atom. The summed E-state index contributed by atoms with van der Waals surface area (Å²) in [7, 11) is 1.38. The summed E-state index contributed by atoms with van der Waals surface area (Å²) < 4.78 is 22.3. The van der Waals surface area contributed by atoms with Crippen LogP contribution in [0.25, 0.3) is 0 Å². The highest BCUT2D eigenvalue weighted by atomic mass is 35.5. The lowest BCUT2D eigenvalue weighted by Gasteiger charge is -2.32. The number of rotatable bonds is 8. The quantitative estimate of drug-likeness (QED) is 0.489. The molecule has 1 amide bonds. The Balaban J connectivity index is 1.81. The van der Waals surface area contributed by atoms with Crippen LogP contribution in [0.1, 0.15) is 50.2 Å². The van der Waals surface area contributed by atoms with Crippen LogP contribution in [0.5, 0.6) is 11.5 Å². The smallest absolute Gasteiger partial charge is 0.331 e. The molecule has 1 aromatic heterocycles. The summed E-state index contributed by atoms with van der Waals surface area (Å²) in [5.74, 6) is -1.46. The molecule has 0 aliphatic carbocycles. The average Bonchev–Trinajstić information content (AvgIpc) is 2.90. The van der Waals surface area contributed by atoms with E-state index in [2.05, 4.69) is 24.1 Å². The molecule has 3 rings (SSSR count). The lowest BCUT2D eigenvalue weighted by molar-refractivity contribution is -0.154. The van der Waals surface area contributed by atoms with Crippen molar-refractivity contribution < 1.29 is 33.3 Å². The summed E-state index contributed by atoms with van der Waals surface area (Å²) >= 11 is 6.06. The van der Waals surface area contributed by atoms with Crippen LogP contribution in [-0.4, -0.2) is 55.3 Å². The van der Waals surface area contributed by atoms with Gasteiger partial charge in [0.1, 0.15) is 6.10 Å². The number of carbonyl (C=O) groups excluding carboxylic acids is 3. The van der Waals surface area contributed by atoms with Crippen molar-refractivity contribution in [2.75, 3.05) is 20.3 Å². The molecule has 0 saturated carbocycles. The molecule has 0 spiro atoms. The number of methoxy groups -OCH3 is 1. The van der Waals surface area contributed by atoms with Crippen LogP contribution in [0.15, 0.2) is 36.5 Å². The van der Waals surface area contributed by atoms with Crippen LogP contribution in [0.4, 0.5) is 0 Å². The molecule has 38 heavy (non-hydrogen) atoms. The molecule has 4 atom stereocenters. The standard InChI is InChI=1S/C28H35ClN2O7/c1-16(2)12-22-17(3)37-28(34)23(15-36-14-20(22)13-19-6-8-21(29)9-7-19)31-27(33)25-26(38-18(4)32)24(35-5)10-11-30-25/h6-11,16-17,20,22-23H,12-15H2,1-5H3,(H,31,33)/t17-,20-,22-,23-/m0/s1. The predicted molar refractivity (Wildman–Crippen MR) is 141 cm³/mol. The highest BCUT2D eigenvalue weighted by Crippen LogP contribution is 2.32. The highest BCUT2D eigenvalue weighted by molar-refractivity contribution is 6.30. The number of aromatic nitrogens is 1. The first kappa shape index (κ1) is 29.4. The predicted octanol–water partition coefficient (Wildman–Crippen LogP) is 4.25. The van der Waals surface area contributed by atoms with Crippen molar-refractivity contribution in [3.63, 3.8) is 0 Å². The van der Waals surface area contributed by atoms with E-state index in [1.54, 1.807) is 0 Å². The highest BCUT2D eigenvalue weighted by Gasteiger charge is 2.35. The molecule has 1 fully saturated rings. The third-order valence-corrected chi connectivity index (χ3v) is 6.67. The summed E-state index contributed by atoms with van der Waals surface area (Å²) in [5, 5.41) is 3.30. The van der Waals surface area contributed by atoms with Gasteiger partial charge in [-0.05, 0) is 49.3 Å². The minimum absolute atomic E-state index is 0.0414. The molecule has 1 N–H and O–H groups in total. The summed E-state index contributed by atoms with van der Waals surface area (Å²) in [5.41, 5.74) is 0.917. The van der Waals surface area contributed by atoms with Gasteiger partial charge in [-0.25, -0.2) is 9.78 Å². The Labute approximate surface area is 228 Å². The number of hydrogen-bond acceptors (Lipinski definition) is 8. The normalized spacial score (nSPS) is 22.0. The second kappa shape index (κ2) is 13.6. The molecule has 2 aromatic rings. The van der Waals surface area contributed by atoms with E-state index in [9.17, 15) is 14.4 Å². The van der Waals surface area contributed by atoms with Crippen LogP contribution in [0.2, 0.25) is 5.02 Å². The molecule has 10 heteroatoms. The van der Waals surface area contributed by atoms with Gasteiger partial charge in [0.15, 0.2) is 17.5 Å². The summed E-state index contributed by atoms with van der Waals surface area (Å²) in [6.45, 7) is 7.64. The van der Waals surface area contributed by atoms with Crippen LogP contribution >= 0.6 is 11.6 Å². The maximum Gasteiger partial charge on any atom is 0.331 e. The van der Waals surface area contributed by atoms with Crippen LogP contribution in [0.3, 0.4) is 0 Å². The fraction of sp³-hybridized carbons (Fsp3) is 0.500. The van der Waals surface area contributed by atoms with Gasteiger partial charge in [-0.1, -0.05) is 37.6 Å². The Morgan fingerprint density at radius 3 is 2.53 bits per heavy atom. The van der Waals surface area contributed by atoms with Gasteiger partial charge >= 0.3 is 11.9 Å². The van der Waals surface area contributed by atoms with E-state index in [0.717, 1.165) is 18.4 Å². The van der Waals surface area contributed by atoms with Gasteiger partial charge in [0.05, 0.1) is 20.3 Å². The molecule has 2 heterocycles. The van der Waals surface area contributed by atoms with Crippen molar-refractivity contribution in [2.45, 2.75) is 52.7 Å². The van der Waals surface area contributed by atoms with E-state index in [1.165, 1.54) is 26.3 Å². The second-order valence-electron chi connectivity index (χ2n) is 9.87. The second-order valence-corrected chi connectivity index (χ2v) is 10.3. The van der Waals surface area contributed by atoms with Gasteiger partial charge in [-0.2, -0.15) is 0 Å². The first-order chi connectivity index (χ1) is 18.1. The number of hydrogen-bond donors (Lipinski definition) is 1. The Morgan fingerprint density at radius 2 is 1.89 bits per heavy atom. The summed E-state index contributed by atoms with van der Waals surface area (Å²) in [6.07, 6.45) is 2.51. The fourth-order valence-corrected chi connectivity index (χ4v) is 4.78. The topological polar surface area (TPSA) is 113 Å². The molecular weight excluding hydrogens is 512 g/mol. The molecule has 1 aliphatic rings. The van der Waals surface area contributed by atoms with Crippen molar-refractivity contribution >= 4 is 29.4 Å². The Hall–Kier alpha value is -3.17. The number of carbonyl (C=O) groups is 3. The van der Waals surface area contributed by atoms with Crippen LogP contribution < -0.4 is 14.8 Å². The minimum atomic E-state index is -1.09. The maximum atomic E-state index is 13.2. The molecule has 9 nitrogen and oxygen atoms in total. The summed E-state index contributed by atoms with van der Waals surface area (Å²) in [4.78, 5) is 41.9. The number of benzene rings is 1. The molecule has 1 saturated heterocycles. The first-order valence-electron chi connectivity index (χ1n) is 12.6.